The van der Waals surface area contributed by atoms with Crippen LogP contribution in [-0.4, -0.2) is 16.5 Å². The van der Waals surface area contributed by atoms with Crippen LogP contribution in [0.2, 0.25) is 0 Å². The largest absolute Gasteiger partial charge is 0.508 e. The second-order valence-electron chi connectivity index (χ2n) is 2.88. The number of carbonyl (C=O) groups is 1. The fourth-order valence-corrected chi connectivity index (χ4v) is 1.58. The molecule has 1 heterocycles. The van der Waals surface area contributed by atoms with Gasteiger partial charge in [0.1, 0.15) is 5.75 Å². The van der Waals surface area contributed by atoms with Crippen LogP contribution in [0.25, 0.3) is 11.3 Å². The van der Waals surface area contributed by atoms with E-state index in [-0.39, 0.29) is 5.75 Å². The third-order valence-corrected chi connectivity index (χ3v) is 2.48. The van der Waals surface area contributed by atoms with E-state index in [9.17, 15) is 9.90 Å². The van der Waals surface area contributed by atoms with Gasteiger partial charge in [0.2, 0.25) is 0 Å². The number of hydrogen-bond acceptors (Lipinski definition) is 4. The number of rotatable bonds is 2. The molecule has 2 aromatic rings. The summed E-state index contributed by atoms with van der Waals surface area (Å²) in [5.41, 5.74) is 0.941. The van der Waals surface area contributed by atoms with Crippen LogP contribution >= 0.6 is 15.9 Å². The molecule has 0 radical (unpaired) electrons. The molecule has 0 aliphatic carbocycles. The van der Waals surface area contributed by atoms with E-state index in [4.69, 9.17) is 4.52 Å². The minimum Gasteiger partial charge on any atom is -0.508 e. The maximum Gasteiger partial charge on any atom is 0.178 e. The van der Waals surface area contributed by atoms with Gasteiger partial charge in [0.05, 0.1) is 5.56 Å². The maximum absolute atomic E-state index is 10.8. The minimum atomic E-state index is 0.108. The van der Waals surface area contributed by atoms with Gasteiger partial charge in [-0.15, -0.1) is 0 Å². The molecule has 0 saturated carbocycles. The molecule has 0 unspecified atom stereocenters. The lowest BCUT2D eigenvalue weighted by Gasteiger charge is -1.97. The lowest BCUT2D eigenvalue weighted by Crippen LogP contribution is -1.82. The second kappa shape index (κ2) is 3.86. The number of halogens is 1. The van der Waals surface area contributed by atoms with E-state index in [0.717, 1.165) is 0 Å². The number of phenolic OH excluding ortho intramolecular Hbond substituents is 1. The molecule has 5 heteroatoms. The van der Waals surface area contributed by atoms with Crippen LogP contribution in [0.3, 0.4) is 0 Å². The van der Waals surface area contributed by atoms with Crippen LogP contribution in [0.4, 0.5) is 0 Å². The third-order valence-electron chi connectivity index (χ3n) is 1.91. The van der Waals surface area contributed by atoms with Crippen molar-refractivity contribution in [2.75, 3.05) is 0 Å². The van der Waals surface area contributed by atoms with Crippen molar-refractivity contribution in [3.05, 3.63) is 34.4 Å². The Morgan fingerprint density at radius 3 is 2.93 bits per heavy atom. The van der Waals surface area contributed by atoms with Crippen LogP contribution in [0.1, 0.15) is 10.4 Å². The van der Waals surface area contributed by atoms with Crippen LogP contribution < -0.4 is 0 Å². The number of nitrogens with zero attached hydrogens (tertiary/aromatic N) is 1. The van der Waals surface area contributed by atoms with Gasteiger partial charge in [-0.25, -0.2) is 0 Å². The Bertz CT molecular complexity index is 507. The maximum atomic E-state index is 10.8. The molecule has 0 fully saturated rings. The van der Waals surface area contributed by atoms with Crippen molar-refractivity contribution in [1.82, 2.24) is 5.16 Å². The van der Waals surface area contributed by atoms with Crippen LogP contribution in [-0.2, 0) is 0 Å². The number of phenols is 1. The van der Waals surface area contributed by atoms with E-state index < -0.39 is 0 Å². The molecule has 0 aliphatic heterocycles. The predicted octanol–water partition coefficient (Wildman–Crippen LogP) is 2.62. The van der Waals surface area contributed by atoms with Crippen LogP contribution in [0.5, 0.6) is 5.75 Å². The molecule has 1 aromatic carbocycles. The second-order valence-corrected chi connectivity index (χ2v) is 3.64. The Morgan fingerprint density at radius 2 is 2.27 bits per heavy atom. The minimum absolute atomic E-state index is 0.108. The zero-order valence-corrected chi connectivity index (χ0v) is 9.06. The zero-order chi connectivity index (χ0) is 10.8. The summed E-state index contributed by atoms with van der Waals surface area (Å²) in [6.45, 7) is 0. The SMILES string of the molecule is O=Cc1c(Br)noc1-c1cccc(O)c1. The van der Waals surface area contributed by atoms with E-state index in [1.54, 1.807) is 12.1 Å². The Kier molecular flexibility index (Phi) is 2.55. The normalized spacial score (nSPS) is 10.2. The fourth-order valence-electron chi connectivity index (χ4n) is 1.24. The molecule has 0 spiro atoms. The lowest BCUT2D eigenvalue weighted by atomic mass is 10.1. The van der Waals surface area contributed by atoms with E-state index in [1.165, 1.54) is 12.1 Å². The molecule has 0 saturated heterocycles. The Balaban J connectivity index is 2.58. The van der Waals surface area contributed by atoms with Crippen molar-refractivity contribution in [2.45, 2.75) is 0 Å². The van der Waals surface area contributed by atoms with Gasteiger partial charge in [-0.05, 0) is 28.1 Å². The smallest absolute Gasteiger partial charge is 0.178 e. The first-order chi connectivity index (χ1) is 7.22. The average Bonchev–Trinajstić information content (AvgIpc) is 2.59. The molecule has 0 bridgehead atoms. The highest BCUT2D eigenvalue weighted by Gasteiger charge is 2.15. The summed E-state index contributed by atoms with van der Waals surface area (Å²) in [4.78, 5) is 10.8. The van der Waals surface area contributed by atoms with Gasteiger partial charge >= 0.3 is 0 Å². The standard InChI is InChI=1S/C10H6BrNO3/c11-10-8(5-13)9(15-12-10)6-2-1-3-7(14)4-6/h1-5,14H. The highest BCUT2D eigenvalue weighted by Crippen LogP contribution is 2.29. The molecule has 0 atom stereocenters. The van der Waals surface area contributed by atoms with Crippen molar-refractivity contribution in [3.63, 3.8) is 0 Å². The van der Waals surface area contributed by atoms with Crippen LogP contribution in [0, 0.1) is 0 Å². The first-order valence-corrected chi connectivity index (χ1v) is 4.91. The number of carbonyl (C=O) groups excluding carboxylic acids is 1. The molecular formula is C10H6BrNO3. The Hall–Kier alpha value is -1.62. The van der Waals surface area contributed by atoms with E-state index in [2.05, 4.69) is 21.1 Å². The topological polar surface area (TPSA) is 63.3 Å². The highest BCUT2D eigenvalue weighted by atomic mass is 79.9. The summed E-state index contributed by atoms with van der Waals surface area (Å²) in [6, 6.07) is 6.42. The van der Waals surface area contributed by atoms with Crippen molar-refractivity contribution in [3.8, 4) is 17.1 Å². The van der Waals surface area contributed by atoms with Crippen LogP contribution in [0.15, 0.2) is 33.4 Å². The van der Waals surface area contributed by atoms with Crippen molar-refractivity contribution < 1.29 is 14.4 Å². The number of aldehydes is 1. The molecule has 76 valence electrons. The van der Waals surface area contributed by atoms with E-state index >= 15 is 0 Å². The van der Waals surface area contributed by atoms with Crippen molar-refractivity contribution >= 4 is 22.2 Å². The van der Waals surface area contributed by atoms with Gasteiger partial charge < -0.3 is 9.63 Å². The first-order valence-electron chi connectivity index (χ1n) is 4.12. The number of aromatic nitrogens is 1. The van der Waals surface area contributed by atoms with Gasteiger partial charge in [-0.2, -0.15) is 0 Å². The Morgan fingerprint density at radius 1 is 1.47 bits per heavy atom. The summed E-state index contributed by atoms with van der Waals surface area (Å²) < 4.78 is 5.35. The third kappa shape index (κ3) is 1.78. The van der Waals surface area contributed by atoms with Gasteiger partial charge in [-0.3, -0.25) is 4.79 Å². The summed E-state index contributed by atoms with van der Waals surface area (Å²) >= 11 is 3.09. The van der Waals surface area contributed by atoms with Gasteiger partial charge in [0, 0.05) is 5.56 Å². The molecule has 1 aromatic heterocycles. The molecule has 1 N–H and O–H groups in total. The molecule has 4 nitrogen and oxygen atoms in total. The number of aromatic hydroxyl groups is 1. The Labute approximate surface area is 93.6 Å². The molecule has 0 aliphatic rings. The summed E-state index contributed by atoms with van der Waals surface area (Å²) in [7, 11) is 0. The van der Waals surface area contributed by atoms with Crippen molar-refractivity contribution in [2.24, 2.45) is 0 Å². The van der Waals surface area contributed by atoms with Crippen molar-refractivity contribution in [1.29, 1.82) is 0 Å². The molecular weight excluding hydrogens is 262 g/mol. The highest BCUT2D eigenvalue weighted by molar-refractivity contribution is 9.10. The van der Waals surface area contributed by atoms with E-state index in [1.807, 2.05) is 0 Å². The monoisotopic (exact) mass is 267 g/mol. The predicted molar refractivity (Wildman–Crippen MR) is 56.7 cm³/mol. The first kappa shape index (κ1) is 9.92. The summed E-state index contributed by atoms with van der Waals surface area (Å²) in [6.07, 6.45) is 0.653. The zero-order valence-electron chi connectivity index (χ0n) is 7.48. The van der Waals surface area contributed by atoms with Gasteiger partial charge in [-0.1, -0.05) is 17.3 Å². The average molecular weight is 268 g/mol. The lowest BCUT2D eigenvalue weighted by molar-refractivity contribution is 0.112. The number of benzene rings is 1. The van der Waals surface area contributed by atoms with Gasteiger partial charge in [0.25, 0.3) is 0 Å². The summed E-state index contributed by atoms with van der Waals surface area (Å²) in [5.74, 6) is 0.449. The molecule has 2 rings (SSSR count). The fraction of sp³-hybridized carbons (Fsp3) is 0. The molecule has 15 heavy (non-hydrogen) atoms. The number of hydrogen-bond donors (Lipinski definition) is 1. The quantitative estimate of drug-likeness (QED) is 0.850. The van der Waals surface area contributed by atoms with Gasteiger partial charge in [0.15, 0.2) is 16.6 Å². The van der Waals surface area contributed by atoms with E-state index in [0.29, 0.717) is 27.8 Å². The molecule has 0 amide bonds. The summed E-state index contributed by atoms with van der Waals surface area (Å²) in [5, 5.41) is 12.9.